The Morgan fingerprint density at radius 2 is 2.12 bits per heavy atom. The lowest BCUT2D eigenvalue weighted by atomic mass is 10.0. The second-order valence-electron chi connectivity index (χ2n) is 3.99. The third-order valence-electron chi connectivity index (χ3n) is 2.64. The molecule has 0 saturated carbocycles. The number of hydrogen-bond donors (Lipinski definition) is 1. The number of rotatable bonds is 4. The summed E-state index contributed by atoms with van der Waals surface area (Å²) in [7, 11) is 0. The second kappa shape index (κ2) is 5.69. The maximum atomic E-state index is 5.73. The molecule has 0 fully saturated rings. The quantitative estimate of drug-likeness (QED) is 0.854. The summed E-state index contributed by atoms with van der Waals surface area (Å²) >= 11 is 2.33. The van der Waals surface area contributed by atoms with Crippen LogP contribution >= 0.6 is 22.6 Å². The normalized spacial score (nSPS) is 12.6. The van der Waals surface area contributed by atoms with E-state index in [1.165, 1.54) is 9.13 Å². The van der Waals surface area contributed by atoms with Crippen LogP contribution in [0, 0.1) is 10.5 Å². The number of benzene rings is 1. The molecule has 0 aliphatic rings. The molecule has 17 heavy (non-hydrogen) atoms. The van der Waals surface area contributed by atoms with E-state index < -0.39 is 0 Å². The topological polar surface area (TPSA) is 25.2 Å². The van der Waals surface area contributed by atoms with Crippen molar-refractivity contribution < 1.29 is 4.42 Å². The van der Waals surface area contributed by atoms with E-state index in [2.05, 4.69) is 59.1 Å². The van der Waals surface area contributed by atoms with Gasteiger partial charge in [0.25, 0.3) is 0 Å². The van der Waals surface area contributed by atoms with Crippen LogP contribution in [-0.4, -0.2) is 6.54 Å². The minimum absolute atomic E-state index is 0.142. The first-order chi connectivity index (χ1) is 8.20. The molecule has 2 nitrogen and oxygen atoms in total. The molecule has 0 aliphatic heterocycles. The summed E-state index contributed by atoms with van der Waals surface area (Å²) in [4.78, 5) is 0. The van der Waals surface area contributed by atoms with Crippen LogP contribution in [-0.2, 0) is 0 Å². The van der Waals surface area contributed by atoms with E-state index in [1.807, 2.05) is 19.1 Å². The van der Waals surface area contributed by atoms with Crippen molar-refractivity contribution >= 4 is 22.6 Å². The summed E-state index contributed by atoms with van der Waals surface area (Å²) in [6.45, 7) is 4.99. The molecule has 2 rings (SSSR count). The second-order valence-corrected chi connectivity index (χ2v) is 5.24. The smallest absolute Gasteiger partial charge is 0.125 e. The first-order valence-corrected chi connectivity index (χ1v) is 6.83. The number of nitrogens with one attached hydrogen (secondary N) is 1. The van der Waals surface area contributed by atoms with Crippen molar-refractivity contribution in [3.05, 3.63) is 57.1 Å². The van der Waals surface area contributed by atoms with Crippen molar-refractivity contribution in [1.29, 1.82) is 0 Å². The van der Waals surface area contributed by atoms with Crippen molar-refractivity contribution in [1.82, 2.24) is 5.32 Å². The first kappa shape index (κ1) is 12.6. The van der Waals surface area contributed by atoms with Crippen LogP contribution in [0.5, 0.6) is 0 Å². The average molecular weight is 341 g/mol. The van der Waals surface area contributed by atoms with Gasteiger partial charge in [0, 0.05) is 3.57 Å². The van der Waals surface area contributed by atoms with E-state index >= 15 is 0 Å². The molecule has 1 atom stereocenters. The third kappa shape index (κ3) is 3.10. The molecule has 3 heteroatoms. The molecule has 1 aromatic heterocycles. The van der Waals surface area contributed by atoms with Gasteiger partial charge >= 0.3 is 0 Å². The van der Waals surface area contributed by atoms with Crippen LogP contribution in [0.1, 0.15) is 30.0 Å². The van der Waals surface area contributed by atoms with Gasteiger partial charge in [-0.3, -0.25) is 0 Å². The SMILES string of the molecule is CCNC(c1cccc(I)c1)c1ccc(C)o1. The largest absolute Gasteiger partial charge is 0.464 e. The molecule has 2 aromatic rings. The van der Waals surface area contributed by atoms with Crippen molar-refractivity contribution in [2.45, 2.75) is 19.9 Å². The lowest BCUT2D eigenvalue weighted by Gasteiger charge is -2.16. The Kier molecular flexibility index (Phi) is 4.23. The van der Waals surface area contributed by atoms with Crippen molar-refractivity contribution in [3.63, 3.8) is 0 Å². The summed E-state index contributed by atoms with van der Waals surface area (Å²) in [6, 6.07) is 12.7. The Balaban J connectivity index is 2.35. The predicted molar refractivity (Wildman–Crippen MR) is 78.1 cm³/mol. The lowest BCUT2D eigenvalue weighted by molar-refractivity contribution is 0.435. The van der Waals surface area contributed by atoms with E-state index in [0.717, 1.165) is 18.1 Å². The molecule has 0 aliphatic carbocycles. The molecule has 0 amide bonds. The van der Waals surface area contributed by atoms with Gasteiger partial charge in [0.15, 0.2) is 0 Å². The summed E-state index contributed by atoms with van der Waals surface area (Å²) < 4.78 is 6.97. The summed E-state index contributed by atoms with van der Waals surface area (Å²) in [5.41, 5.74) is 1.24. The molecule has 0 spiro atoms. The maximum Gasteiger partial charge on any atom is 0.125 e. The van der Waals surface area contributed by atoms with Crippen LogP contribution < -0.4 is 5.32 Å². The Morgan fingerprint density at radius 1 is 1.29 bits per heavy atom. The van der Waals surface area contributed by atoms with Gasteiger partial charge in [-0.1, -0.05) is 19.1 Å². The molecule has 0 radical (unpaired) electrons. The number of furan rings is 1. The van der Waals surface area contributed by atoms with Gasteiger partial charge in [-0.05, 0) is 65.9 Å². The molecule has 0 bridgehead atoms. The minimum Gasteiger partial charge on any atom is -0.464 e. The van der Waals surface area contributed by atoms with Crippen LogP contribution in [0.25, 0.3) is 0 Å². The number of aryl methyl sites for hydroxylation is 1. The molecule has 90 valence electrons. The fourth-order valence-corrected chi connectivity index (χ4v) is 2.45. The Morgan fingerprint density at radius 3 is 2.71 bits per heavy atom. The van der Waals surface area contributed by atoms with Gasteiger partial charge in [0.05, 0.1) is 6.04 Å². The summed E-state index contributed by atoms with van der Waals surface area (Å²) in [5.74, 6) is 1.93. The molecule has 1 aromatic carbocycles. The summed E-state index contributed by atoms with van der Waals surface area (Å²) in [6.07, 6.45) is 0. The Labute approximate surface area is 116 Å². The lowest BCUT2D eigenvalue weighted by Crippen LogP contribution is -2.21. The van der Waals surface area contributed by atoms with E-state index in [9.17, 15) is 0 Å². The van der Waals surface area contributed by atoms with Gasteiger partial charge in [-0.25, -0.2) is 0 Å². The van der Waals surface area contributed by atoms with Crippen molar-refractivity contribution in [2.24, 2.45) is 0 Å². The van der Waals surface area contributed by atoms with Crippen molar-refractivity contribution in [2.75, 3.05) is 6.54 Å². The fraction of sp³-hybridized carbons (Fsp3) is 0.286. The first-order valence-electron chi connectivity index (χ1n) is 5.76. The molecular formula is C14H16INO. The van der Waals surface area contributed by atoms with Gasteiger partial charge in [0.2, 0.25) is 0 Å². The fourth-order valence-electron chi connectivity index (χ4n) is 1.88. The minimum atomic E-state index is 0.142. The van der Waals surface area contributed by atoms with E-state index in [1.54, 1.807) is 0 Å². The van der Waals surface area contributed by atoms with Crippen LogP contribution in [0.15, 0.2) is 40.8 Å². The standard InChI is InChI=1S/C14H16INO/c1-3-16-14(13-8-7-10(2)17-13)11-5-4-6-12(15)9-11/h4-9,14,16H,3H2,1-2H3. The maximum absolute atomic E-state index is 5.73. The van der Waals surface area contributed by atoms with E-state index in [-0.39, 0.29) is 6.04 Å². The highest BCUT2D eigenvalue weighted by Crippen LogP contribution is 2.24. The average Bonchev–Trinajstić information content (AvgIpc) is 2.72. The van der Waals surface area contributed by atoms with Gasteiger partial charge in [0.1, 0.15) is 11.5 Å². The summed E-state index contributed by atoms with van der Waals surface area (Å²) in [5, 5.41) is 3.46. The van der Waals surface area contributed by atoms with E-state index in [4.69, 9.17) is 4.42 Å². The number of hydrogen-bond acceptors (Lipinski definition) is 2. The molecule has 1 N–H and O–H groups in total. The van der Waals surface area contributed by atoms with Crippen molar-refractivity contribution in [3.8, 4) is 0 Å². The predicted octanol–water partition coefficient (Wildman–Crippen LogP) is 3.89. The zero-order valence-corrected chi connectivity index (χ0v) is 12.2. The highest BCUT2D eigenvalue weighted by molar-refractivity contribution is 14.1. The molecule has 1 heterocycles. The van der Waals surface area contributed by atoms with Gasteiger partial charge in [-0.15, -0.1) is 0 Å². The Bertz CT molecular complexity index is 492. The zero-order chi connectivity index (χ0) is 12.3. The van der Waals surface area contributed by atoms with Crippen LogP contribution in [0.2, 0.25) is 0 Å². The van der Waals surface area contributed by atoms with Gasteiger partial charge in [-0.2, -0.15) is 0 Å². The zero-order valence-electron chi connectivity index (χ0n) is 10.0. The van der Waals surface area contributed by atoms with Gasteiger partial charge < -0.3 is 9.73 Å². The molecule has 1 unspecified atom stereocenters. The third-order valence-corrected chi connectivity index (χ3v) is 3.31. The monoisotopic (exact) mass is 341 g/mol. The molecular weight excluding hydrogens is 325 g/mol. The van der Waals surface area contributed by atoms with Crippen LogP contribution in [0.3, 0.4) is 0 Å². The highest BCUT2D eigenvalue weighted by atomic mass is 127. The molecule has 0 saturated heterocycles. The Hall–Kier alpha value is -0.810. The van der Waals surface area contributed by atoms with Crippen LogP contribution in [0.4, 0.5) is 0 Å². The number of halogens is 1. The van der Waals surface area contributed by atoms with E-state index in [0.29, 0.717) is 0 Å². The highest BCUT2D eigenvalue weighted by Gasteiger charge is 2.16.